The quantitative estimate of drug-likeness (QED) is 0.681. The van der Waals surface area contributed by atoms with Crippen LogP contribution in [0.2, 0.25) is 0 Å². The van der Waals surface area contributed by atoms with Crippen molar-refractivity contribution in [3.8, 4) is 0 Å². The number of hydrogen-bond donors (Lipinski definition) is 1. The highest BCUT2D eigenvalue weighted by molar-refractivity contribution is 7.88. The molecule has 174 valence electrons. The molecule has 4 rings (SSSR count). The van der Waals surface area contributed by atoms with E-state index in [1.165, 1.54) is 17.9 Å². The van der Waals surface area contributed by atoms with Gasteiger partial charge in [-0.3, -0.25) is 0 Å². The van der Waals surface area contributed by atoms with Crippen LogP contribution in [-0.4, -0.2) is 51.5 Å². The van der Waals surface area contributed by atoms with Gasteiger partial charge in [-0.15, -0.1) is 0 Å². The van der Waals surface area contributed by atoms with Crippen LogP contribution in [0.15, 0.2) is 48.7 Å². The average Bonchev–Trinajstić information content (AvgIpc) is 2.79. The van der Waals surface area contributed by atoms with Crippen LogP contribution in [0.4, 0.5) is 10.2 Å². The lowest BCUT2D eigenvalue weighted by molar-refractivity contribution is -0.00217. The highest BCUT2D eigenvalue weighted by atomic mass is 32.2. The van der Waals surface area contributed by atoms with E-state index in [9.17, 15) is 12.8 Å². The van der Waals surface area contributed by atoms with Crippen LogP contribution >= 0.6 is 0 Å². The normalized spacial score (nSPS) is 26.8. The molecule has 1 unspecified atom stereocenters. The second-order valence-electron chi connectivity index (χ2n) is 9.02. The van der Waals surface area contributed by atoms with Gasteiger partial charge in [0.2, 0.25) is 10.0 Å². The third-order valence-electron chi connectivity index (χ3n) is 6.63. The Kier molecular flexibility index (Phi) is 7.43. The summed E-state index contributed by atoms with van der Waals surface area (Å²) in [5, 5.41) is 0. The van der Waals surface area contributed by atoms with Crippen molar-refractivity contribution < 1.29 is 17.5 Å². The molecule has 1 aliphatic heterocycles. The molecule has 2 heterocycles. The van der Waals surface area contributed by atoms with Gasteiger partial charge in [-0.1, -0.05) is 30.3 Å². The van der Waals surface area contributed by atoms with Gasteiger partial charge in [0.1, 0.15) is 0 Å². The van der Waals surface area contributed by atoms with Gasteiger partial charge in [0.05, 0.1) is 19.0 Å². The fourth-order valence-corrected chi connectivity index (χ4v) is 5.84. The zero-order valence-corrected chi connectivity index (χ0v) is 19.3. The number of aromatic nitrogens is 1. The molecule has 2 aliphatic rings. The van der Waals surface area contributed by atoms with Gasteiger partial charge in [-0.05, 0) is 55.7 Å². The molecule has 1 aromatic heterocycles. The van der Waals surface area contributed by atoms with Gasteiger partial charge in [0, 0.05) is 31.2 Å². The number of hydrogen-bond acceptors (Lipinski definition) is 5. The maximum atomic E-state index is 14.3. The number of ether oxygens (including phenoxy) is 1. The van der Waals surface area contributed by atoms with Gasteiger partial charge < -0.3 is 9.64 Å². The van der Waals surface area contributed by atoms with Crippen molar-refractivity contribution in [2.24, 2.45) is 5.92 Å². The molecule has 2 fully saturated rings. The maximum Gasteiger partial charge on any atom is 0.208 e. The third-order valence-corrected chi connectivity index (χ3v) is 7.36. The van der Waals surface area contributed by atoms with E-state index in [2.05, 4.69) is 34.0 Å². The van der Waals surface area contributed by atoms with Crippen LogP contribution in [0.25, 0.3) is 0 Å². The summed E-state index contributed by atoms with van der Waals surface area (Å²) in [6, 6.07) is 13.4. The van der Waals surface area contributed by atoms with Gasteiger partial charge >= 0.3 is 0 Å². The molecule has 0 bridgehead atoms. The van der Waals surface area contributed by atoms with Crippen LogP contribution in [-0.2, 0) is 14.8 Å². The predicted octanol–water partition coefficient (Wildman–Crippen LogP) is 3.71. The summed E-state index contributed by atoms with van der Waals surface area (Å²) in [6.45, 7) is 1.49. The number of nitrogens with one attached hydrogen (secondary N) is 1. The number of halogens is 1. The minimum Gasteiger partial charge on any atom is -0.378 e. The number of piperidine rings is 1. The molecular weight excluding hydrogens is 429 g/mol. The van der Waals surface area contributed by atoms with Crippen LogP contribution in [0.5, 0.6) is 0 Å². The van der Waals surface area contributed by atoms with Crippen molar-refractivity contribution in [3.05, 3.63) is 60.0 Å². The second kappa shape index (κ2) is 10.3. The Bertz CT molecular complexity index is 981. The summed E-state index contributed by atoms with van der Waals surface area (Å²) in [5.74, 6) is 0.458. The summed E-state index contributed by atoms with van der Waals surface area (Å²) >= 11 is 0. The fourth-order valence-electron chi connectivity index (χ4n) is 4.98. The second-order valence-corrected chi connectivity index (χ2v) is 10.8. The number of pyridine rings is 1. The minimum absolute atomic E-state index is 0.0771. The zero-order chi connectivity index (χ0) is 22.6. The minimum atomic E-state index is -3.34. The monoisotopic (exact) mass is 461 g/mol. The molecule has 1 saturated heterocycles. The molecule has 32 heavy (non-hydrogen) atoms. The highest BCUT2D eigenvalue weighted by Crippen LogP contribution is 2.34. The van der Waals surface area contributed by atoms with E-state index in [1.54, 1.807) is 12.3 Å². The van der Waals surface area contributed by atoms with E-state index < -0.39 is 10.0 Å². The van der Waals surface area contributed by atoms with Crippen LogP contribution in [0.3, 0.4) is 0 Å². The van der Waals surface area contributed by atoms with Gasteiger partial charge in [0.15, 0.2) is 11.6 Å². The van der Waals surface area contributed by atoms with E-state index in [0.29, 0.717) is 37.9 Å². The van der Waals surface area contributed by atoms with Gasteiger partial charge in [-0.25, -0.2) is 22.5 Å². The summed E-state index contributed by atoms with van der Waals surface area (Å²) < 4.78 is 47.1. The molecule has 2 aromatic rings. The van der Waals surface area contributed by atoms with Crippen LogP contribution < -0.4 is 9.62 Å². The SMILES string of the molecule is CS(=O)(=O)NC1CCN(c2ncccc2F)C[C@H]1COC1CCC(c2ccccc2)CC1. The Hall–Kier alpha value is -2.03. The van der Waals surface area contributed by atoms with Crippen LogP contribution in [0.1, 0.15) is 43.6 Å². The number of sulfonamides is 1. The van der Waals surface area contributed by atoms with Crippen molar-refractivity contribution in [2.75, 3.05) is 30.9 Å². The highest BCUT2D eigenvalue weighted by Gasteiger charge is 2.34. The maximum absolute atomic E-state index is 14.3. The molecule has 1 aliphatic carbocycles. The first-order chi connectivity index (χ1) is 15.4. The van der Waals surface area contributed by atoms with Crippen molar-refractivity contribution in [3.63, 3.8) is 0 Å². The molecule has 0 spiro atoms. The van der Waals surface area contributed by atoms with Crippen molar-refractivity contribution in [2.45, 2.75) is 50.2 Å². The fraction of sp³-hybridized carbons (Fsp3) is 0.542. The topological polar surface area (TPSA) is 71.5 Å². The smallest absolute Gasteiger partial charge is 0.208 e. The summed E-state index contributed by atoms with van der Waals surface area (Å²) in [6.07, 6.45) is 7.69. The summed E-state index contributed by atoms with van der Waals surface area (Å²) in [5.41, 5.74) is 1.39. The van der Waals surface area contributed by atoms with Crippen molar-refractivity contribution >= 4 is 15.8 Å². The van der Waals surface area contributed by atoms with Gasteiger partial charge in [-0.2, -0.15) is 0 Å². The molecule has 1 N–H and O–H groups in total. The summed E-state index contributed by atoms with van der Waals surface area (Å²) in [4.78, 5) is 6.09. The number of benzene rings is 1. The van der Waals surface area contributed by atoms with E-state index in [1.807, 2.05) is 11.0 Å². The van der Waals surface area contributed by atoms with E-state index in [-0.39, 0.29) is 23.9 Å². The first kappa shape index (κ1) is 23.1. The molecule has 1 saturated carbocycles. The Morgan fingerprint density at radius 1 is 1.09 bits per heavy atom. The van der Waals surface area contributed by atoms with Gasteiger partial charge in [0.25, 0.3) is 0 Å². The third kappa shape index (κ3) is 6.05. The Balaban J connectivity index is 1.36. The standard InChI is InChI=1S/C24H32FN3O3S/c1-32(29,30)27-23-13-15-28(24-22(25)8-5-14-26-24)16-20(23)17-31-21-11-9-19(10-12-21)18-6-3-2-4-7-18/h2-8,14,19-21,23,27H,9-13,15-17H2,1H3/t19?,20-,21?,23?/m0/s1. The number of nitrogens with zero attached hydrogens (tertiary/aromatic N) is 2. The molecular formula is C24H32FN3O3S. The Morgan fingerprint density at radius 2 is 1.84 bits per heavy atom. The average molecular weight is 462 g/mol. The molecule has 6 nitrogen and oxygen atoms in total. The predicted molar refractivity (Wildman–Crippen MR) is 124 cm³/mol. The lowest BCUT2D eigenvalue weighted by Crippen LogP contribution is -2.53. The molecule has 2 atom stereocenters. The number of anilines is 1. The molecule has 8 heteroatoms. The lowest BCUT2D eigenvalue weighted by atomic mass is 9.82. The van der Waals surface area contributed by atoms with E-state index in [4.69, 9.17) is 4.74 Å². The van der Waals surface area contributed by atoms with Crippen LogP contribution in [0, 0.1) is 11.7 Å². The summed E-state index contributed by atoms with van der Waals surface area (Å²) in [7, 11) is -3.34. The lowest BCUT2D eigenvalue weighted by Gasteiger charge is -2.40. The zero-order valence-electron chi connectivity index (χ0n) is 18.5. The number of rotatable bonds is 7. The largest absolute Gasteiger partial charge is 0.378 e. The van der Waals surface area contributed by atoms with Crippen molar-refractivity contribution in [1.29, 1.82) is 0 Å². The van der Waals surface area contributed by atoms with E-state index >= 15 is 0 Å². The van der Waals surface area contributed by atoms with Crippen molar-refractivity contribution in [1.82, 2.24) is 9.71 Å². The first-order valence-corrected chi connectivity index (χ1v) is 13.3. The Morgan fingerprint density at radius 3 is 2.53 bits per heavy atom. The molecule has 0 amide bonds. The Labute approximate surface area is 190 Å². The van der Waals surface area contributed by atoms with E-state index in [0.717, 1.165) is 25.7 Å². The first-order valence-electron chi connectivity index (χ1n) is 11.4. The molecule has 1 aromatic carbocycles. The molecule has 0 radical (unpaired) electrons.